The summed E-state index contributed by atoms with van der Waals surface area (Å²) in [5, 5.41) is 7.13. The Morgan fingerprint density at radius 3 is 1.71 bits per heavy atom. The minimum absolute atomic E-state index is 0.696. The van der Waals surface area contributed by atoms with Crippen molar-refractivity contribution in [1.29, 1.82) is 0 Å². The number of hydrogen-bond donors (Lipinski definition) is 0. The lowest BCUT2D eigenvalue weighted by Gasteiger charge is -2.15. The van der Waals surface area contributed by atoms with Gasteiger partial charge in [0.15, 0.2) is 5.82 Å². The minimum atomic E-state index is 0.696. The van der Waals surface area contributed by atoms with Crippen LogP contribution in [-0.4, -0.2) is 9.97 Å². The van der Waals surface area contributed by atoms with Gasteiger partial charge in [-0.3, -0.25) is 0 Å². The largest absolute Gasteiger partial charge is 0.456 e. The van der Waals surface area contributed by atoms with Gasteiger partial charge in [0.05, 0.1) is 11.4 Å². The van der Waals surface area contributed by atoms with E-state index in [-0.39, 0.29) is 0 Å². The van der Waals surface area contributed by atoms with Gasteiger partial charge >= 0.3 is 0 Å². The highest BCUT2D eigenvalue weighted by molar-refractivity contribution is 6.14. The van der Waals surface area contributed by atoms with Crippen LogP contribution in [0.4, 0.5) is 0 Å². The molecule has 0 bridgehead atoms. The number of nitrogens with zero attached hydrogens (tertiary/aromatic N) is 2. The lowest BCUT2D eigenvalue weighted by molar-refractivity contribution is 0.669. The number of rotatable bonds is 5. The normalized spacial score (nSPS) is 11.5. The molecular formula is C48H30N2O. The van der Waals surface area contributed by atoms with Crippen molar-refractivity contribution in [3.8, 4) is 56.2 Å². The third kappa shape index (κ3) is 5.15. The first-order valence-corrected chi connectivity index (χ1v) is 17.2. The van der Waals surface area contributed by atoms with Crippen molar-refractivity contribution in [2.75, 3.05) is 0 Å². The predicted molar refractivity (Wildman–Crippen MR) is 212 cm³/mol. The molecule has 0 unspecified atom stereocenters. The molecule has 0 aliphatic carbocycles. The van der Waals surface area contributed by atoms with E-state index in [2.05, 4.69) is 146 Å². The summed E-state index contributed by atoms with van der Waals surface area (Å²) < 4.78 is 6.21. The van der Waals surface area contributed by atoms with Gasteiger partial charge in [-0.2, -0.15) is 0 Å². The highest BCUT2D eigenvalue weighted by Crippen LogP contribution is 2.40. The van der Waals surface area contributed by atoms with Crippen LogP contribution < -0.4 is 0 Å². The molecule has 51 heavy (non-hydrogen) atoms. The van der Waals surface area contributed by atoms with E-state index in [1.807, 2.05) is 36.4 Å². The molecule has 10 aromatic rings. The van der Waals surface area contributed by atoms with E-state index in [9.17, 15) is 0 Å². The molecule has 0 radical (unpaired) electrons. The maximum atomic E-state index is 6.21. The number of benzene rings is 8. The topological polar surface area (TPSA) is 38.9 Å². The van der Waals surface area contributed by atoms with E-state index in [1.54, 1.807) is 0 Å². The van der Waals surface area contributed by atoms with Crippen LogP contribution in [0.3, 0.4) is 0 Å². The van der Waals surface area contributed by atoms with Crippen LogP contribution in [0, 0.1) is 0 Å². The van der Waals surface area contributed by atoms with Crippen molar-refractivity contribution in [2.45, 2.75) is 0 Å². The summed E-state index contributed by atoms with van der Waals surface area (Å²) in [4.78, 5) is 10.3. The Morgan fingerprint density at radius 1 is 0.314 bits per heavy atom. The van der Waals surface area contributed by atoms with Crippen molar-refractivity contribution in [2.24, 2.45) is 0 Å². The summed E-state index contributed by atoms with van der Waals surface area (Å²) in [5.41, 5.74) is 11.1. The Balaban J connectivity index is 1.25. The molecule has 238 valence electrons. The van der Waals surface area contributed by atoms with Gasteiger partial charge in [0, 0.05) is 27.5 Å². The molecule has 2 heterocycles. The Hall–Kier alpha value is -6.84. The fourth-order valence-electron chi connectivity index (χ4n) is 7.36. The lowest BCUT2D eigenvalue weighted by Crippen LogP contribution is -1.96. The summed E-state index contributed by atoms with van der Waals surface area (Å²) in [6.07, 6.45) is 0. The molecule has 3 heteroatoms. The van der Waals surface area contributed by atoms with Crippen LogP contribution in [0.1, 0.15) is 0 Å². The van der Waals surface area contributed by atoms with Gasteiger partial charge in [0.1, 0.15) is 11.2 Å². The first kappa shape index (κ1) is 29.1. The van der Waals surface area contributed by atoms with Crippen LogP contribution in [0.2, 0.25) is 0 Å². The van der Waals surface area contributed by atoms with Crippen LogP contribution in [0.25, 0.3) is 99.6 Å². The smallest absolute Gasteiger partial charge is 0.160 e. The van der Waals surface area contributed by atoms with Gasteiger partial charge in [-0.05, 0) is 92.3 Å². The molecule has 0 fully saturated rings. The summed E-state index contributed by atoms with van der Waals surface area (Å²) >= 11 is 0. The Kier molecular flexibility index (Phi) is 6.81. The lowest BCUT2D eigenvalue weighted by atomic mass is 9.89. The van der Waals surface area contributed by atoms with E-state index in [0.29, 0.717) is 5.82 Å². The van der Waals surface area contributed by atoms with Crippen molar-refractivity contribution in [3.63, 3.8) is 0 Å². The van der Waals surface area contributed by atoms with Crippen molar-refractivity contribution >= 4 is 43.5 Å². The third-order valence-electron chi connectivity index (χ3n) is 9.85. The van der Waals surface area contributed by atoms with Crippen LogP contribution in [-0.2, 0) is 0 Å². The quantitative estimate of drug-likeness (QED) is 0.174. The average Bonchev–Trinajstić information content (AvgIpc) is 3.59. The molecule has 0 N–H and O–H groups in total. The first-order valence-electron chi connectivity index (χ1n) is 17.2. The second kappa shape index (κ2) is 11.9. The molecule has 0 spiro atoms. The summed E-state index contributed by atoms with van der Waals surface area (Å²) in [6.45, 7) is 0. The Labute approximate surface area is 295 Å². The maximum absolute atomic E-state index is 6.21. The zero-order valence-corrected chi connectivity index (χ0v) is 27.6. The van der Waals surface area contributed by atoms with Crippen LogP contribution in [0.15, 0.2) is 186 Å². The van der Waals surface area contributed by atoms with Crippen molar-refractivity contribution in [1.82, 2.24) is 9.97 Å². The molecule has 0 saturated carbocycles. The highest BCUT2D eigenvalue weighted by atomic mass is 16.3. The summed E-state index contributed by atoms with van der Waals surface area (Å²) in [7, 11) is 0. The molecule has 0 aliphatic rings. The zero-order chi connectivity index (χ0) is 33.7. The molecule has 0 saturated heterocycles. The van der Waals surface area contributed by atoms with E-state index >= 15 is 0 Å². The number of fused-ring (bicyclic) bond motifs is 6. The molecule has 0 amide bonds. The summed E-state index contributed by atoms with van der Waals surface area (Å²) in [5.74, 6) is 0.696. The molecular weight excluding hydrogens is 621 g/mol. The average molecular weight is 651 g/mol. The summed E-state index contributed by atoms with van der Waals surface area (Å²) in [6, 6.07) is 64.0. The highest BCUT2D eigenvalue weighted by Gasteiger charge is 2.16. The van der Waals surface area contributed by atoms with Crippen molar-refractivity contribution in [3.05, 3.63) is 182 Å². The monoisotopic (exact) mass is 650 g/mol. The number of furan rings is 1. The van der Waals surface area contributed by atoms with Crippen LogP contribution >= 0.6 is 0 Å². The number of aromatic nitrogens is 2. The van der Waals surface area contributed by atoms with Gasteiger partial charge < -0.3 is 4.42 Å². The third-order valence-corrected chi connectivity index (χ3v) is 9.85. The fraction of sp³-hybridized carbons (Fsp3) is 0. The van der Waals surface area contributed by atoms with Crippen molar-refractivity contribution < 1.29 is 4.42 Å². The molecule has 0 aliphatic heterocycles. The van der Waals surface area contributed by atoms with Gasteiger partial charge in [-0.15, -0.1) is 0 Å². The Morgan fingerprint density at radius 2 is 0.902 bits per heavy atom. The molecule has 3 nitrogen and oxygen atoms in total. The van der Waals surface area contributed by atoms with Gasteiger partial charge in [0.2, 0.25) is 0 Å². The molecule has 0 atom stereocenters. The zero-order valence-electron chi connectivity index (χ0n) is 27.6. The van der Waals surface area contributed by atoms with Gasteiger partial charge in [-0.25, -0.2) is 9.97 Å². The SMILES string of the molecule is c1ccc(-c2cc(-c3cc(-c4ccc5oc6ccccc6c5c4)cc(-c4cc5ccccc5c5ccccc45)c3)nc(-c3ccccc3)n2)cc1. The van der Waals surface area contributed by atoms with Crippen LogP contribution in [0.5, 0.6) is 0 Å². The molecule has 8 aromatic carbocycles. The first-order chi connectivity index (χ1) is 25.2. The minimum Gasteiger partial charge on any atom is -0.456 e. The van der Waals surface area contributed by atoms with E-state index in [0.717, 1.165) is 66.7 Å². The Bertz CT molecular complexity index is 2850. The van der Waals surface area contributed by atoms with E-state index in [4.69, 9.17) is 14.4 Å². The number of hydrogen-bond acceptors (Lipinski definition) is 3. The predicted octanol–water partition coefficient (Wildman–Crippen LogP) is 13.0. The van der Waals surface area contributed by atoms with E-state index < -0.39 is 0 Å². The van der Waals surface area contributed by atoms with E-state index in [1.165, 1.54) is 27.1 Å². The number of para-hydroxylation sites is 1. The molecule has 10 rings (SSSR count). The standard InChI is InChI=1S/C48H30N2O/c1-3-13-31(14-4-1)44-30-45(50-48(49-44)32-15-5-2-6-16-32)37-26-35(33-23-24-47-43(28-33)41-21-11-12-22-46(41)51-47)25-36(27-37)42-29-34-17-7-8-18-38(34)39-19-9-10-20-40(39)42/h1-30H. The maximum Gasteiger partial charge on any atom is 0.160 e. The van der Waals surface area contributed by atoms with Gasteiger partial charge in [-0.1, -0.05) is 133 Å². The molecule has 2 aromatic heterocycles. The second-order valence-corrected chi connectivity index (χ2v) is 13.0. The fourth-order valence-corrected chi connectivity index (χ4v) is 7.36. The second-order valence-electron chi connectivity index (χ2n) is 13.0. The van der Waals surface area contributed by atoms with Gasteiger partial charge in [0.25, 0.3) is 0 Å².